The van der Waals surface area contributed by atoms with Gasteiger partial charge in [0.2, 0.25) is 5.91 Å². The molecule has 1 aliphatic rings. The first-order valence-electron chi connectivity index (χ1n) is 11.3. The van der Waals surface area contributed by atoms with E-state index in [1.807, 2.05) is 65.6 Å². The maximum absolute atomic E-state index is 12.9. The van der Waals surface area contributed by atoms with Crippen molar-refractivity contribution in [3.63, 3.8) is 0 Å². The van der Waals surface area contributed by atoms with E-state index in [1.165, 1.54) is 0 Å². The van der Waals surface area contributed by atoms with Crippen LogP contribution in [0.1, 0.15) is 38.5 Å². The maximum Gasteiger partial charge on any atom is 0.226 e. The molecule has 3 nitrogen and oxygen atoms in total. The highest BCUT2D eigenvalue weighted by Crippen LogP contribution is 2.24. The van der Waals surface area contributed by atoms with Crippen molar-refractivity contribution in [1.29, 1.82) is 0 Å². The number of rotatable bonds is 6. The highest BCUT2D eigenvalue weighted by Gasteiger charge is 2.28. The van der Waals surface area contributed by atoms with Gasteiger partial charge in [0.05, 0.1) is 0 Å². The highest BCUT2D eigenvalue weighted by atomic mass is 16.2. The molecule has 0 bridgehead atoms. The number of carbonyl (C=O) groups excluding carboxylic acids is 1. The Balaban J connectivity index is 1.70. The third kappa shape index (κ3) is 4.70. The van der Waals surface area contributed by atoms with Crippen molar-refractivity contribution < 1.29 is 11.6 Å². The Kier molecular flexibility index (Phi) is 4.32. The molecule has 0 radical (unpaired) electrons. The number of amides is 1. The molecular formula is C22H28N2O. The SMILES string of the molecule is [2H]C([2H])([2H])CC(=O)N(c1ccccc1)C1CCN(C([2H])([2H])Cc2ccccc2)CC1. The monoisotopic (exact) mass is 341 g/mol. The van der Waals surface area contributed by atoms with Crippen LogP contribution >= 0.6 is 0 Å². The van der Waals surface area contributed by atoms with Gasteiger partial charge in [-0.1, -0.05) is 55.4 Å². The zero-order chi connectivity index (χ0) is 21.8. The van der Waals surface area contributed by atoms with Crippen LogP contribution in [-0.4, -0.2) is 36.4 Å². The van der Waals surface area contributed by atoms with Gasteiger partial charge in [0.1, 0.15) is 0 Å². The molecule has 0 aliphatic carbocycles. The molecule has 1 aliphatic heterocycles. The molecule has 132 valence electrons. The summed E-state index contributed by atoms with van der Waals surface area (Å²) in [5, 5.41) is 0. The molecule has 0 spiro atoms. The molecule has 25 heavy (non-hydrogen) atoms. The molecule has 3 rings (SSSR count). The fourth-order valence-corrected chi connectivity index (χ4v) is 3.31. The van der Waals surface area contributed by atoms with Gasteiger partial charge in [-0.25, -0.2) is 0 Å². The van der Waals surface area contributed by atoms with Gasteiger partial charge >= 0.3 is 0 Å². The van der Waals surface area contributed by atoms with E-state index in [1.54, 1.807) is 4.90 Å². The first kappa shape index (κ1) is 12.3. The summed E-state index contributed by atoms with van der Waals surface area (Å²) in [6.07, 6.45) is 0.988. The van der Waals surface area contributed by atoms with E-state index < -0.39 is 25.7 Å². The fourth-order valence-electron chi connectivity index (χ4n) is 3.31. The lowest BCUT2D eigenvalue weighted by atomic mass is 10.0. The summed E-state index contributed by atoms with van der Waals surface area (Å²) < 4.78 is 39.5. The van der Waals surface area contributed by atoms with E-state index in [2.05, 4.69) is 0 Å². The lowest BCUT2D eigenvalue weighted by Gasteiger charge is -2.38. The van der Waals surface area contributed by atoms with Crippen LogP contribution in [-0.2, 0) is 11.2 Å². The summed E-state index contributed by atoms with van der Waals surface area (Å²) in [6, 6.07) is 18.6. The summed E-state index contributed by atoms with van der Waals surface area (Å²) in [5.41, 5.74) is 1.64. The number of benzene rings is 2. The number of anilines is 1. The van der Waals surface area contributed by atoms with Crippen molar-refractivity contribution in [3.8, 4) is 0 Å². The zero-order valence-corrected chi connectivity index (χ0v) is 14.4. The Bertz CT molecular complexity index is 818. The summed E-state index contributed by atoms with van der Waals surface area (Å²) in [4.78, 5) is 16.3. The van der Waals surface area contributed by atoms with E-state index in [0.29, 0.717) is 38.0 Å². The van der Waals surface area contributed by atoms with Crippen LogP contribution in [0.15, 0.2) is 60.7 Å². The summed E-state index contributed by atoms with van der Waals surface area (Å²) in [5.74, 6) is -0.410. The van der Waals surface area contributed by atoms with Crippen LogP contribution in [0.25, 0.3) is 0 Å². The van der Waals surface area contributed by atoms with Crippen molar-refractivity contribution in [2.75, 3.05) is 24.5 Å². The van der Waals surface area contributed by atoms with E-state index in [9.17, 15) is 4.79 Å². The van der Waals surface area contributed by atoms with Gasteiger partial charge in [0.25, 0.3) is 0 Å². The Labute approximate surface area is 158 Å². The van der Waals surface area contributed by atoms with Crippen LogP contribution in [0.5, 0.6) is 0 Å². The number of nitrogens with zero attached hydrogens (tertiary/aromatic N) is 2. The molecule has 0 unspecified atom stereocenters. The van der Waals surface area contributed by atoms with Crippen molar-refractivity contribution >= 4 is 11.6 Å². The van der Waals surface area contributed by atoms with Gasteiger partial charge in [-0.15, -0.1) is 0 Å². The van der Waals surface area contributed by atoms with E-state index >= 15 is 0 Å². The van der Waals surface area contributed by atoms with Crippen LogP contribution in [0.3, 0.4) is 0 Å². The third-order valence-corrected chi connectivity index (χ3v) is 4.63. The van der Waals surface area contributed by atoms with E-state index in [-0.39, 0.29) is 6.04 Å². The number of likely N-dealkylation sites (tertiary alicyclic amines) is 1. The number of carbonyl (C=O) groups is 1. The molecule has 2 aromatic rings. The number of hydrogen-bond donors (Lipinski definition) is 0. The van der Waals surface area contributed by atoms with Gasteiger partial charge in [-0.3, -0.25) is 4.79 Å². The minimum atomic E-state index is -2.32. The Morgan fingerprint density at radius 3 is 2.40 bits per heavy atom. The molecule has 1 fully saturated rings. The molecule has 0 aromatic heterocycles. The Morgan fingerprint density at radius 1 is 1.12 bits per heavy atom. The first-order valence-corrected chi connectivity index (χ1v) is 8.82. The first-order chi connectivity index (χ1) is 14.2. The van der Waals surface area contributed by atoms with Gasteiger partial charge in [-0.05, 0) is 37.0 Å². The second-order valence-electron chi connectivity index (χ2n) is 6.31. The maximum atomic E-state index is 12.9. The molecule has 1 saturated heterocycles. The largest absolute Gasteiger partial charge is 0.309 e. The smallest absolute Gasteiger partial charge is 0.226 e. The molecule has 0 saturated carbocycles. The molecule has 3 heteroatoms. The minimum Gasteiger partial charge on any atom is -0.309 e. The van der Waals surface area contributed by atoms with Crippen molar-refractivity contribution in [1.82, 2.24) is 4.90 Å². The average molecular weight is 342 g/mol. The normalized spacial score (nSPS) is 19.9. The summed E-state index contributed by atoms with van der Waals surface area (Å²) >= 11 is 0. The minimum absolute atomic E-state index is 0.147. The third-order valence-electron chi connectivity index (χ3n) is 4.63. The molecule has 1 heterocycles. The number of para-hydroxylation sites is 1. The average Bonchev–Trinajstić information content (AvgIpc) is 2.68. The summed E-state index contributed by atoms with van der Waals surface area (Å²) in [7, 11) is 0. The molecular weight excluding hydrogens is 308 g/mol. The fraction of sp³-hybridized carbons (Fsp3) is 0.409. The molecule has 0 atom stereocenters. The van der Waals surface area contributed by atoms with Gasteiger partial charge in [0.15, 0.2) is 0 Å². The summed E-state index contributed by atoms with van der Waals surface area (Å²) in [6.45, 7) is -2.78. The Morgan fingerprint density at radius 2 is 1.76 bits per heavy atom. The van der Waals surface area contributed by atoms with Gasteiger partial charge in [-0.2, -0.15) is 0 Å². The zero-order valence-electron chi connectivity index (χ0n) is 19.4. The number of piperidine rings is 1. The van der Waals surface area contributed by atoms with Crippen molar-refractivity contribution in [2.24, 2.45) is 0 Å². The second kappa shape index (κ2) is 8.82. The second-order valence-corrected chi connectivity index (χ2v) is 6.31. The number of aryl methyl sites for hydroxylation is 1. The predicted molar refractivity (Wildman–Crippen MR) is 104 cm³/mol. The van der Waals surface area contributed by atoms with E-state index in [0.717, 1.165) is 5.56 Å². The van der Waals surface area contributed by atoms with Gasteiger partial charge < -0.3 is 9.80 Å². The van der Waals surface area contributed by atoms with Crippen LogP contribution in [0.4, 0.5) is 5.69 Å². The quantitative estimate of drug-likeness (QED) is 0.788. The lowest BCUT2D eigenvalue weighted by Crippen LogP contribution is -2.47. The predicted octanol–water partition coefficient (Wildman–Crippen LogP) is 4.14. The molecule has 2 aromatic carbocycles. The number of hydrogen-bond acceptors (Lipinski definition) is 2. The standard InChI is InChI=1S/C22H28N2O/c1-2-22(25)24(20-11-7-4-8-12-20)21-14-17-23(18-15-21)16-13-19-9-5-3-6-10-19/h3-12,21H,2,13-18H2,1H3/i1D3,16D2. The van der Waals surface area contributed by atoms with Gasteiger partial charge in [0, 0.05) is 44.6 Å². The Hall–Kier alpha value is -2.13. The highest BCUT2D eigenvalue weighted by molar-refractivity contribution is 5.93. The van der Waals surface area contributed by atoms with E-state index in [4.69, 9.17) is 6.85 Å². The molecule has 0 N–H and O–H groups in total. The van der Waals surface area contributed by atoms with Crippen LogP contribution < -0.4 is 4.90 Å². The van der Waals surface area contributed by atoms with Crippen LogP contribution in [0, 0.1) is 0 Å². The lowest BCUT2D eigenvalue weighted by molar-refractivity contribution is -0.119. The van der Waals surface area contributed by atoms with Crippen molar-refractivity contribution in [3.05, 3.63) is 66.2 Å². The topological polar surface area (TPSA) is 23.6 Å². The van der Waals surface area contributed by atoms with Crippen molar-refractivity contribution in [2.45, 2.75) is 38.6 Å². The van der Waals surface area contributed by atoms with Crippen LogP contribution in [0.2, 0.25) is 0 Å². The molecule has 1 amide bonds.